The maximum Gasteiger partial charge on any atom is 0.368 e. The fourth-order valence-electron chi connectivity index (χ4n) is 2.15. The van der Waals surface area contributed by atoms with Crippen LogP contribution in [0.4, 0.5) is 8.78 Å². The average Bonchev–Trinajstić information content (AvgIpc) is 2.97. The lowest BCUT2D eigenvalue weighted by Crippen LogP contribution is -2.25. The summed E-state index contributed by atoms with van der Waals surface area (Å²) in [5, 5.41) is 7.29. The number of para-hydroxylation sites is 1. The van der Waals surface area contributed by atoms with Gasteiger partial charge in [0.15, 0.2) is 5.82 Å². The maximum atomic E-state index is 14.3. The van der Waals surface area contributed by atoms with Crippen molar-refractivity contribution >= 4 is 11.6 Å². The summed E-state index contributed by atoms with van der Waals surface area (Å²) < 4.78 is 33.9. The highest BCUT2D eigenvalue weighted by atomic mass is 35.5. The Balaban J connectivity index is 1.98. The van der Waals surface area contributed by atoms with E-state index in [-0.39, 0.29) is 29.4 Å². The van der Waals surface area contributed by atoms with Gasteiger partial charge in [-0.2, -0.15) is 9.36 Å². The number of benzene rings is 2. The molecule has 0 amide bonds. The minimum Gasteiger partial charge on any atom is -0.456 e. The molecule has 0 aliphatic rings. The minimum atomic E-state index is -0.759. The number of alkyl halides is 1. The summed E-state index contributed by atoms with van der Waals surface area (Å²) >= 11 is 6.02. The molecule has 9 heteroatoms. The molecule has 0 unspecified atom stereocenters. The summed E-state index contributed by atoms with van der Waals surface area (Å²) in [4.78, 5) is 12.2. The molecular weight excluding hydrogens is 354 g/mol. The summed E-state index contributed by atoms with van der Waals surface area (Å²) in [5.74, 6) is -0.0968. The zero-order valence-corrected chi connectivity index (χ0v) is 13.7. The zero-order valence-electron chi connectivity index (χ0n) is 12.9. The number of halogens is 3. The molecule has 0 aliphatic heterocycles. The Bertz CT molecular complexity index is 928. The van der Waals surface area contributed by atoms with Crippen LogP contribution in [0.15, 0.2) is 47.3 Å². The van der Waals surface area contributed by atoms with Gasteiger partial charge < -0.3 is 4.74 Å². The molecule has 1 heterocycles. The van der Waals surface area contributed by atoms with Crippen molar-refractivity contribution in [2.75, 3.05) is 6.67 Å². The summed E-state index contributed by atoms with van der Waals surface area (Å²) in [6, 6.07) is 11.1. The van der Waals surface area contributed by atoms with Crippen LogP contribution in [0.1, 0.15) is 6.42 Å². The van der Waals surface area contributed by atoms with Gasteiger partial charge in [-0.1, -0.05) is 29.8 Å². The SMILES string of the molecule is O=c1n(CCCF)nnn1-c1cc(Oc2ccccc2)c(Cl)cc1F. The first kappa shape index (κ1) is 17.1. The standard InChI is InChI=1S/C16H13ClF2N4O2/c17-12-9-13(19)14(10-15(12)25-11-5-2-1-3-6-11)23-16(24)22(20-21-23)8-4-7-18/h1-3,5-6,9-10H,4,7-8H2. The Hall–Kier alpha value is -2.74. The molecule has 3 aromatic rings. The molecular formula is C16H13ClF2N4O2. The fraction of sp³-hybridized carbons (Fsp3) is 0.188. The molecule has 1 aromatic heterocycles. The first-order valence-corrected chi connectivity index (χ1v) is 7.79. The Morgan fingerprint density at radius 2 is 1.92 bits per heavy atom. The summed E-state index contributed by atoms with van der Waals surface area (Å²) in [6.07, 6.45) is 0.115. The minimum absolute atomic E-state index is 0.0444. The van der Waals surface area contributed by atoms with E-state index in [1.807, 2.05) is 6.07 Å². The van der Waals surface area contributed by atoms with E-state index in [2.05, 4.69) is 10.4 Å². The van der Waals surface area contributed by atoms with Crippen LogP contribution in [-0.2, 0) is 6.54 Å². The van der Waals surface area contributed by atoms with E-state index in [4.69, 9.17) is 16.3 Å². The van der Waals surface area contributed by atoms with Crippen molar-refractivity contribution in [3.63, 3.8) is 0 Å². The molecule has 0 bridgehead atoms. The smallest absolute Gasteiger partial charge is 0.368 e. The Morgan fingerprint density at radius 3 is 2.64 bits per heavy atom. The molecule has 0 N–H and O–H groups in total. The highest BCUT2D eigenvalue weighted by Gasteiger charge is 2.17. The van der Waals surface area contributed by atoms with E-state index in [1.54, 1.807) is 24.3 Å². The van der Waals surface area contributed by atoms with Gasteiger partial charge in [0, 0.05) is 6.07 Å². The number of hydrogen-bond donors (Lipinski definition) is 0. The van der Waals surface area contributed by atoms with E-state index < -0.39 is 18.2 Å². The molecule has 25 heavy (non-hydrogen) atoms. The second kappa shape index (κ2) is 7.43. The molecule has 0 saturated carbocycles. The second-order valence-corrected chi connectivity index (χ2v) is 5.50. The van der Waals surface area contributed by atoms with Crippen LogP contribution in [0.25, 0.3) is 5.69 Å². The first-order chi connectivity index (χ1) is 12.1. The van der Waals surface area contributed by atoms with Gasteiger partial charge >= 0.3 is 5.69 Å². The predicted octanol–water partition coefficient (Wildman–Crippen LogP) is 3.37. The summed E-state index contributed by atoms with van der Waals surface area (Å²) in [6.45, 7) is -0.540. The van der Waals surface area contributed by atoms with Gasteiger partial charge in [-0.25, -0.2) is 9.18 Å². The monoisotopic (exact) mass is 366 g/mol. The van der Waals surface area contributed by atoms with Gasteiger partial charge in [-0.3, -0.25) is 4.39 Å². The number of tetrazole rings is 1. The number of nitrogens with zero attached hydrogens (tertiary/aromatic N) is 4. The van der Waals surface area contributed by atoms with Gasteiger partial charge in [0.1, 0.15) is 17.2 Å². The van der Waals surface area contributed by atoms with Gasteiger partial charge in [0.25, 0.3) is 0 Å². The van der Waals surface area contributed by atoms with E-state index in [1.165, 1.54) is 6.07 Å². The first-order valence-electron chi connectivity index (χ1n) is 7.41. The third-order valence-electron chi connectivity index (χ3n) is 3.34. The van der Waals surface area contributed by atoms with Gasteiger partial charge in [-0.05, 0) is 35.0 Å². The molecule has 130 valence electrons. The van der Waals surface area contributed by atoms with Crippen LogP contribution in [-0.4, -0.2) is 26.5 Å². The van der Waals surface area contributed by atoms with Crippen molar-refractivity contribution in [1.82, 2.24) is 19.8 Å². The fourth-order valence-corrected chi connectivity index (χ4v) is 2.34. The van der Waals surface area contributed by atoms with Crippen LogP contribution in [0.2, 0.25) is 5.02 Å². The number of ether oxygens (including phenoxy) is 1. The molecule has 0 aliphatic carbocycles. The van der Waals surface area contributed by atoms with Crippen molar-refractivity contribution in [1.29, 1.82) is 0 Å². The second-order valence-electron chi connectivity index (χ2n) is 5.09. The molecule has 6 nitrogen and oxygen atoms in total. The highest BCUT2D eigenvalue weighted by Crippen LogP contribution is 2.32. The van der Waals surface area contributed by atoms with Crippen LogP contribution in [0, 0.1) is 5.82 Å². The van der Waals surface area contributed by atoms with Crippen molar-refractivity contribution in [2.45, 2.75) is 13.0 Å². The Kier molecular flexibility index (Phi) is 5.08. The lowest BCUT2D eigenvalue weighted by molar-refractivity contribution is 0.427. The topological polar surface area (TPSA) is 61.9 Å². The van der Waals surface area contributed by atoms with Crippen molar-refractivity contribution < 1.29 is 13.5 Å². The number of hydrogen-bond acceptors (Lipinski definition) is 4. The van der Waals surface area contributed by atoms with Gasteiger partial charge in [0.2, 0.25) is 0 Å². The lowest BCUT2D eigenvalue weighted by Gasteiger charge is -2.10. The normalized spacial score (nSPS) is 10.8. The quantitative estimate of drug-likeness (QED) is 0.671. The molecule has 0 atom stereocenters. The molecule has 3 rings (SSSR count). The van der Waals surface area contributed by atoms with Crippen LogP contribution < -0.4 is 10.4 Å². The Labute approximate surface area is 146 Å². The molecule has 2 aromatic carbocycles. The van der Waals surface area contributed by atoms with Crippen LogP contribution in [0.5, 0.6) is 11.5 Å². The van der Waals surface area contributed by atoms with E-state index >= 15 is 0 Å². The third-order valence-corrected chi connectivity index (χ3v) is 3.64. The van der Waals surface area contributed by atoms with Crippen molar-refractivity contribution in [3.8, 4) is 17.2 Å². The van der Waals surface area contributed by atoms with Gasteiger partial charge in [0.05, 0.1) is 18.2 Å². The molecule has 0 spiro atoms. The average molecular weight is 367 g/mol. The molecule has 0 saturated heterocycles. The number of aryl methyl sites for hydroxylation is 1. The highest BCUT2D eigenvalue weighted by molar-refractivity contribution is 6.32. The Morgan fingerprint density at radius 1 is 1.16 bits per heavy atom. The van der Waals surface area contributed by atoms with E-state index in [0.29, 0.717) is 5.75 Å². The van der Waals surface area contributed by atoms with Crippen LogP contribution >= 0.6 is 11.6 Å². The summed E-state index contributed by atoms with van der Waals surface area (Å²) in [7, 11) is 0. The molecule has 0 radical (unpaired) electrons. The number of rotatable bonds is 6. The molecule has 0 fully saturated rings. The van der Waals surface area contributed by atoms with Crippen molar-refractivity contribution in [2.24, 2.45) is 0 Å². The maximum absolute atomic E-state index is 14.3. The van der Waals surface area contributed by atoms with E-state index in [0.717, 1.165) is 15.4 Å². The predicted molar refractivity (Wildman–Crippen MR) is 87.7 cm³/mol. The third kappa shape index (κ3) is 3.69. The van der Waals surface area contributed by atoms with E-state index in [9.17, 15) is 13.6 Å². The zero-order chi connectivity index (χ0) is 17.8. The lowest BCUT2D eigenvalue weighted by atomic mass is 10.2. The van der Waals surface area contributed by atoms with Crippen molar-refractivity contribution in [3.05, 3.63) is 63.8 Å². The summed E-state index contributed by atoms with van der Waals surface area (Å²) in [5.41, 5.74) is -0.841. The van der Waals surface area contributed by atoms with Crippen LogP contribution in [0.3, 0.4) is 0 Å². The van der Waals surface area contributed by atoms with Gasteiger partial charge in [-0.15, -0.1) is 0 Å². The largest absolute Gasteiger partial charge is 0.456 e. The number of aromatic nitrogens is 4.